The molecule has 0 radical (unpaired) electrons. The molecule has 0 fully saturated rings. The first-order chi connectivity index (χ1) is 13.2. The zero-order chi connectivity index (χ0) is 19.1. The highest BCUT2D eigenvalue weighted by molar-refractivity contribution is 6.00. The number of amides is 2. The maximum atomic E-state index is 12.3. The first kappa shape index (κ1) is 18.3. The molecule has 0 spiro atoms. The second kappa shape index (κ2) is 8.72. The highest BCUT2D eigenvalue weighted by atomic mass is 16.5. The van der Waals surface area contributed by atoms with Gasteiger partial charge in [-0.1, -0.05) is 24.3 Å². The van der Waals surface area contributed by atoms with Crippen LogP contribution in [0.25, 0.3) is 10.9 Å². The van der Waals surface area contributed by atoms with Gasteiger partial charge in [-0.25, -0.2) is 9.97 Å². The van der Waals surface area contributed by atoms with Crippen molar-refractivity contribution in [1.82, 2.24) is 20.8 Å². The smallest absolute Gasteiger partial charge is 0.288 e. The predicted octanol–water partition coefficient (Wildman–Crippen LogP) is 1.73. The van der Waals surface area contributed by atoms with Crippen LogP contribution in [0.3, 0.4) is 0 Å². The molecule has 138 valence electrons. The summed E-state index contributed by atoms with van der Waals surface area (Å²) in [4.78, 5) is 32.9. The van der Waals surface area contributed by atoms with Crippen LogP contribution in [0.15, 0.2) is 54.7 Å². The number of hydrogen-bond donors (Lipinski definition) is 2. The largest absolute Gasteiger partial charge is 0.475 e. The van der Waals surface area contributed by atoms with E-state index in [1.807, 2.05) is 24.3 Å². The van der Waals surface area contributed by atoms with E-state index in [1.54, 1.807) is 31.4 Å². The normalized spacial score (nSPS) is 10.4. The van der Waals surface area contributed by atoms with Crippen molar-refractivity contribution in [3.8, 4) is 5.88 Å². The number of methoxy groups -OCH3 is 1. The lowest BCUT2D eigenvalue weighted by molar-refractivity contribution is 0.0839. The third-order valence-electron chi connectivity index (χ3n) is 3.66. The lowest BCUT2D eigenvalue weighted by Crippen LogP contribution is -2.42. The topological polar surface area (TPSA) is 102 Å². The highest BCUT2D eigenvalue weighted by Crippen LogP contribution is 2.14. The van der Waals surface area contributed by atoms with E-state index in [2.05, 4.69) is 20.8 Å². The maximum Gasteiger partial charge on any atom is 0.288 e. The Bertz CT molecular complexity index is 961. The molecule has 0 aliphatic rings. The average molecular weight is 366 g/mol. The summed E-state index contributed by atoms with van der Waals surface area (Å²) in [6.45, 7) is 0.614. The lowest BCUT2D eigenvalue weighted by Gasteiger charge is -2.11. The quantitative estimate of drug-likeness (QED) is 0.509. The van der Waals surface area contributed by atoms with Crippen LogP contribution >= 0.6 is 0 Å². The van der Waals surface area contributed by atoms with Crippen molar-refractivity contribution < 1.29 is 19.1 Å². The van der Waals surface area contributed by atoms with Crippen LogP contribution in [-0.4, -0.2) is 42.1 Å². The SMILES string of the molecule is COCCOc1ncccc1C(=O)NNC(=O)c1ccc2ccccc2n1. The van der Waals surface area contributed by atoms with Gasteiger partial charge in [0.2, 0.25) is 5.88 Å². The summed E-state index contributed by atoms with van der Waals surface area (Å²) in [5, 5.41) is 0.922. The number of ether oxygens (including phenoxy) is 2. The zero-order valence-electron chi connectivity index (χ0n) is 14.6. The average Bonchev–Trinajstić information content (AvgIpc) is 2.72. The van der Waals surface area contributed by atoms with E-state index in [-0.39, 0.29) is 23.7 Å². The van der Waals surface area contributed by atoms with Crippen molar-refractivity contribution in [3.63, 3.8) is 0 Å². The van der Waals surface area contributed by atoms with Crippen molar-refractivity contribution in [2.75, 3.05) is 20.3 Å². The Balaban J connectivity index is 1.65. The third kappa shape index (κ3) is 4.56. The molecular formula is C19H18N4O4. The summed E-state index contributed by atoms with van der Waals surface area (Å²) < 4.78 is 10.3. The van der Waals surface area contributed by atoms with Gasteiger partial charge < -0.3 is 9.47 Å². The van der Waals surface area contributed by atoms with E-state index < -0.39 is 11.8 Å². The number of benzene rings is 1. The molecular weight excluding hydrogens is 348 g/mol. The Morgan fingerprint density at radius 1 is 0.963 bits per heavy atom. The van der Waals surface area contributed by atoms with Gasteiger partial charge >= 0.3 is 0 Å². The molecule has 2 heterocycles. The van der Waals surface area contributed by atoms with Crippen molar-refractivity contribution in [1.29, 1.82) is 0 Å². The first-order valence-electron chi connectivity index (χ1n) is 8.22. The number of carbonyl (C=O) groups excluding carboxylic acids is 2. The van der Waals surface area contributed by atoms with Crippen LogP contribution in [0, 0.1) is 0 Å². The summed E-state index contributed by atoms with van der Waals surface area (Å²) in [6.07, 6.45) is 1.51. The molecule has 2 aromatic heterocycles. The van der Waals surface area contributed by atoms with Gasteiger partial charge in [-0.05, 0) is 24.3 Å². The molecule has 3 aromatic rings. The van der Waals surface area contributed by atoms with Gasteiger partial charge in [-0.2, -0.15) is 0 Å². The number of fused-ring (bicyclic) bond motifs is 1. The van der Waals surface area contributed by atoms with Gasteiger partial charge in [0.25, 0.3) is 11.8 Å². The van der Waals surface area contributed by atoms with Gasteiger partial charge in [0.05, 0.1) is 12.1 Å². The van der Waals surface area contributed by atoms with Crippen molar-refractivity contribution >= 4 is 22.7 Å². The molecule has 0 bridgehead atoms. The Kier molecular flexibility index (Phi) is 5.91. The third-order valence-corrected chi connectivity index (χ3v) is 3.66. The number of hydrazine groups is 1. The van der Waals surface area contributed by atoms with E-state index in [0.717, 1.165) is 5.39 Å². The molecule has 1 aromatic carbocycles. The van der Waals surface area contributed by atoms with Crippen LogP contribution < -0.4 is 15.6 Å². The van der Waals surface area contributed by atoms with Crippen molar-refractivity contribution in [2.24, 2.45) is 0 Å². The van der Waals surface area contributed by atoms with Crippen LogP contribution in [0.2, 0.25) is 0 Å². The predicted molar refractivity (Wildman–Crippen MR) is 98.3 cm³/mol. The number of nitrogens with one attached hydrogen (secondary N) is 2. The Morgan fingerprint density at radius 2 is 1.78 bits per heavy atom. The molecule has 2 amide bonds. The number of hydrogen-bond acceptors (Lipinski definition) is 6. The minimum atomic E-state index is -0.551. The number of carbonyl (C=O) groups is 2. The second-order valence-corrected chi connectivity index (χ2v) is 5.49. The molecule has 2 N–H and O–H groups in total. The summed E-state index contributed by atoms with van der Waals surface area (Å²) in [5.41, 5.74) is 5.77. The van der Waals surface area contributed by atoms with E-state index in [4.69, 9.17) is 9.47 Å². The minimum Gasteiger partial charge on any atom is -0.475 e. The van der Waals surface area contributed by atoms with Gasteiger partial charge in [0, 0.05) is 18.7 Å². The van der Waals surface area contributed by atoms with Crippen LogP contribution in [0.1, 0.15) is 20.8 Å². The molecule has 0 saturated carbocycles. The zero-order valence-corrected chi connectivity index (χ0v) is 14.6. The summed E-state index contributed by atoms with van der Waals surface area (Å²) >= 11 is 0. The Labute approximate surface area is 155 Å². The lowest BCUT2D eigenvalue weighted by atomic mass is 10.2. The van der Waals surface area contributed by atoms with E-state index in [1.165, 1.54) is 6.20 Å². The molecule has 0 saturated heterocycles. The fourth-order valence-corrected chi connectivity index (χ4v) is 2.34. The summed E-state index contributed by atoms with van der Waals surface area (Å²) in [7, 11) is 1.55. The minimum absolute atomic E-state index is 0.158. The first-order valence-corrected chi connectivity index (χ1v) is 8.22. The van der Waals surface area contributed by atoms with Crippen LogP contribution in [0.5, 0.6) is 5.88 Å². The molecule has 0 aliphatic carbocycles. The standard InChI is InChI=1S/C19H18N4O4/c1-26-11-12-27-19-14(6-4-10-20-19)17(24)22-23-18(25)16-9-8-13-5-2-3-7-15(13)21-16/h2-10H,11-12H2,1H3,(H,22,24)(H,23,25). The monoisotopic (exact) mass is 366 g/mol. The van der Waals surface area contributed by atoms with Gasteiger partial charge in [0.15, 0.2) is 0 Å². The Morgan fingerprint density at radius 3 is 2.63 bits per heavy atom. The summed E-state index contributed by atoms with van der Waals surface area (Å²) in [5.74, 6) is -0.922. The number of pyridine rings is 2. The molecule has 3 rings (SSSR count). The van der Waals surface area contributed by atoms with Gasteiger partial charge in [-0.3, -0.25) is 20.4 Å². The fourth-order valence-electron chi connectivity index (χ4n) is 2.34. The molecule has 0 aliphatic heterocycles. The molecule has 27 heavy (non-hydrogen) atoms. The Hall–Kier alpha value is -3.52. The molecule has 0 atom stereocenters. The van der Waals surface area contributed by atoms with Crippen LogP contribution in [0.4, 0.5) is 0 Å². The number of rotatable bonds is 6. The second-order valence-electron chi connectivity index (χ2n) is 5.49. The van der Waals surface area contributed by atoms with Gasteiger partial charge in [-0.15, -0.1) is 0 Å². The van der Waals surface area contributed by atoms with Crippen molar-refractivity contribution in [3.05, 3.63) is 66.0 Å². The molecule has 8 nitrogen and oxygen atoms in total. The van der Waals surface area contributed by atoms with E-state index in [0.29, 0.717) is 12.1 Å². The number of para-hydroxylation sites is 1. The number of nitrogens with zero attached hydrogens (tertiary/aromatic N) is 2. The number of aromatic nitrogens is 2. The van der Waals surface area contributed by atoms with E-state index in [9.17, 15) is 9.59 Å². The molecule has 8 heteroatoms. The van der Waals surface area contributed by atoms with Crippen molar-refractivity contribution in [2.45, 2.75) is 0 Å². The fraction of sp³-hybridized carbons (Fsp3) is 0.158. The molecule has 0 unspecified atom stereocenters. The summed E-state index contributed by atoms with van der Waals surface area (Å²) in [6, 6.07) is 14.0. The van der Waals surface area contributed by atoms with Crippen LogP contribution in [-0.2, 0) is 4.74 Å². The van der Waals surface area contributed by atoms with Gasteiger partial charge in [0.1, 0.15) is 17.9 Å². The highest BCUT2D eigenvalue weighted by Gasteiger charge is 2.15. The maximum absolute atomic E-state index is 12.3. The van der Waals surface area contributed by atoms with E-state index >= 15 is 0 Å².